The van der Waals surface area contributed by atoms with Crippen molar-refractivity contribution in [3.05, 3.63) is 69.0 Å². The molecule has 0 fully saturated rings. The number of thiazole rings is 1. The SMILES string of the molecule is CCc1ccc(C=NNc2nc(-c3ccc(Cl)cc3Cl)cs2)cc1. The van der Waals surface area contributed by atoms with Crippen LogP contribution >= 0.6 is 34.5 Å². The summed E-state index contributed by atoms with van der Waals surface area (Å²) >= 11 is 13.6. The Balaban J connectivity index is 1.68. The molecule has 3 rings (SSSR count). The van der Waals surface area contributed by atoms with Crippen LogP contribution < -0.4 is 5.43 Å². The minimum atomic E-state index is 0.582. The van der Waals surface area contributed by atoms with Crippen LogP contribution in [0.15, 0.2) is 52.9 Å². The highest BCUT2D eigenvalue weighted by molar-refractivity contribution is 7.14. The lowest BCUT2D eigenvalue weighted by Gasteiger charge is -2.00. The van der Waals surface area contributed by atoms with Gasteiger partial charge < -0.3 is 0 Å². The van der Waals surface area contributed by atoms with Crippen molar-refractivity contribution < 1.29 is 0 Å². The standard InChI is InChI=1S/C18H15Cl2N3S/c1-2-12-3-5-13(6-4-12)10-21-23-18-22-17(11-24-18)15-8-7-14(19)9-16(15)20/h3-11H,2H2,1H3,(H,22,23). The molecule has 0 unspecified atom stereocenters. The predicted molar refractivity (Wildman–Crippen MR) is 105 cm³/mol. The van der Waals surface area contributed by atoms with Crippen molar-refractivity contribution >= 4 is 45.9 Å². The Kier molecular flexibility index (Phi) is 5.51. The number of aryl methyl sites for hydroxylation is 1. The first kappa shape index (κ1) is 17.0. The number of hydrazone groups is 1. The second kappa shape index (κ2) is 7.79. The Hall–Kier alpha value is -1.88. The van der Waals surface area contributed by atoms with Gasteiger partial charge in [-0.2, -0.15) is 5.10 Å². The van der Waals surface area contributed by atoms with E-state index in [0.29, 0.717) is 15.2 Å². The molecular formula is C18H15Cl2N3S. The van der Waals surface area contributed by atoms with Gasteiger partial charge in [-0.15, -0.1) is 11.3 Å². The van der Waals surface area contributed by atoms with Crippen LogP contribution in [0.5, 0.6) is 0 Å². The first-order chi connectivity index (χ1) is 11.7. The quantitative estimate of drug-likeness (QED) is 0.430. The van der Waals surface area contributed by atoms with E-state index in [0.717, 1.165) is 23.2 Å². The molecule has 0 radical (unpaired) electrons. The van der Waals surface area contributed by atoms with Gasteiger partial charge in [0.1, 0.15) is 0 Å². The smallest absolute Gasteiger partial charge is 0.203 e. The van der Waals surface area contributed by atoms with Crippen LogP contribution in [0.2, 0.25) is 10.0 Å². The molecule has 0 saturated carbocycles. The van der Waals surface area contributed by atoms with Crippen LogP contribution in [0, 0.1) is 0 Å². The summed E-state index contributed by atoms with van der Waals surface area (Å²) in [7, 11) is 0. The van der Waals surface area contributed by atoms with E-state index in [1.807, 2.05) is 23.6 Å². The fourth-order valence-corrected chi connectivity index (χ4v) is 3.31. The molecule has 0 amide bonds. The summed E-state index contributed by atoms with van der Waals surface area (Å²) in [5.74, 6) is 0. The molecule has 3 aromatic rings. The molecule has 6 heteroatoms. The lowest BCUT2D eigenvalue weighted by Crippen LogP contribution is -1.91. The van der Waals surface area contributed by atoms with Gasteiger partial charge >= 0.3 is 0 Å². The topological polar surface area (TPSA) is 37.3 Å². The maximum Gasteiger partial charge on any atom is 0.203 e. The summed E-state index contributed by atoms with van der Waals surface area (Å²) in [6, 6.07) is 13.7. The monoisotopic (exact) mass is 375 g/mol. The summed E-state index contributed by atoms with van der Waals surface area (Å²) in [4.78, 5) is 4.50. The van der Waals surface area contributed by atoms with Gasteiger partial charge in [-0.3, -0.25) is 5.43 Å². The highest BCUT2D eigenvalue weighted by atomic mass is 35.5. The maximum atomic E-state index is 6.21. The summed E-state index contributed by atoms with van der Waals surface area (Å²) in [5.41, 5.74) is 6.95. The van der Waals surface area contributed by atoms with Crippen molar-refractivity contribution in [3.63, 3.8) is 0 Å². The summed E-state index contributed by atoms with van der Waals surface area (Å²) in [6.07, 6.45) is 2.81. The Morgan fingerprint density at radius 3 is 2.67 bits per heavy atom. The largest absolute Gasteiger partial charge is 0.253 e. The van der Waals surface area contributed by atoms with E-state index in [-0.39, 0.29) is 0 Å². The first-order valence-corrected chi connectivity index (χ1v) is 9.08. The second-order valence-corrected chi connectivity index (χ2v) is 6.83. The van der Waals surface area contributed by atoms with Gasteiger partial charge in [-0.1, -0.05) is 54.4 Å². The third kappa shape index (κ3) is 4.15. The van der Waals surface area contributed by atoms with Crippen LogP contribution in [0.4, 0.5) is 5.13 Å². The number of nitrogens with zero attached hydrogens (tertiary/aromatic N) is 2. The molecule has 0 bridgehead atoms. The van der Waals surface area contributed by atoms with Gasteiger partial charge in [0.25, 0.3) is 0 Å². The molecule has 24 heavy (non-hydrogen) atoms. The lowest BCUT2D eigenvalue weighted by molar-refractivity contribution is 1.14. The summed E-state index contributed by atoms with van der Waals surface area (Å²) < 4.78 is 0. The normalized spacial score (nSPS) is 11.1. The zero-order valence-corrected chi connectivity index (χ0v) is 15.3. The summed E-state index contributed by atoms with van der Waals surface area (Å²) in [6.45, 7) is 2.14. The van der Waals surface area contributed by atoms with E-state index in [2.05, 4.69) is 34.6 Å². The Morgan fingerprint density at radius 2 is 1.96 bits per heavy atom. The number of halogens is 2. The molecule has 0 aliphatic heterocycles. The molecule has 1 N–H and O–H groups in total. The molecule has 2 aromatic carbocycles. The fourth-order valence-electron chi connectivity index (χ4n) is 2.15. The lowest BCUT2D eigenvalue weighted by atomic mass is 10.1. The number of benzene rings is 2. The molecule has 3 nitrogen and oxygen atoms in total. The van der Waals surface area contributed by atoms with Crippen molar-refractivity contribution in [1.29, 1.82) is 0 Å². The van der Waals surface area contributed by atoms with Crippen LogP contribution in [0.1, 0.15) is 18.1 Å². The summed E-state index contributed by atoms with van der Waals surface area (Å²) in [5, 5.41) is 8.06. The number of hydrogen-bond donors (Lipinski definition) is 1. The third-order valence-electron chi connectivity index (χ3n) is 3.47. The number of aromatic nitrogens is 1. The van der Waals surface area contributed by atoms with Gasteiger partial charge in [-0.25, -0.2) is 4.98 Å². The molecule has 0 atom stereocenters. The number of rotatable bonds is 5. The van der Waals surface area contributed by atoms with E-state index in [1.54, 1.807) is 18.3 Å². The third-order valence-corrected chi connectivity index (χ3v) is 4.77. The van der Waals surface area contributed by atoms with Crippen LogP contribution in [-0.4, -0.2) is 11.2 Å². The minimum Gasteiger partial charge on any atom is -0.253 e. The molecule has 1 aromatic heterocycles. The van der Waals surface area contributed by atoms with E-state index < -0.39 is 0 Å². The average molecular weight is 376 g/mol. The zero-order chi connectivity index (χ0) is 16.9. The Morgan fingerprint density at radius 1 is 1.17 bits per heavy atom. The van der Waals surface area contributed by atoms with Crippen LogP contribution in [0.3, 0.4) is 0 Å². The van der Waals surface area contributed by atoms with Crippen molar-refractivity contribution in [2.24, 2.45) is 5.10 Å². The van der Waals surface area contributed by atoms with Gasteiger partial charge in [-0.05, 0) is 35.7 Å². The molecule has 122 valence electrons. The van der Waals surface area contributed by atoms with E-state index in [9.17, 15) is 0 Å². The highest BCUT2D eigenvalue weighted by Crippen LogP contribution is 2.32. The minimum absolute atomic E-state index is 0.582. The average Bonchev–Trinajstić information content (AvgIpc) is 3.04. The van der Waals surface area contributed by atoms with Gasteiger partial charge in [0.05, 0.1) is 16.9 Å². The van der Waals surface area contributed by atoms with Crippen molar-refractivity contribution in [2.75, 3.05) is 5.43 Å². The Bertz CT molecular complexity index is 857. The maximum absolute atomic E-state index is 6.21. The van der Waals surface area contributed by atoms with Gasteiger partial charge in [0, 0.05) is 16.0 Å². The zero-order valence-electron chi connectivity index (χ0n) is 13.0. The number of anilines is 1. The van der Waals surface area contributed by atoms with Crippen molar-refractivity contribution in [1.82, 2.24) is 4.98 Å². The molecule has 0 saturated heterocycles. The molecule has 1 heterocycles. The van der Waals surface area contributed by atoms with E-state index in [4.69, 9.17) is 23.2 Å². The molecular weight excluding hydrogens is 361 g/mol. The fraction of sp³-hybridized carbons (Fsp3) is 0.111. The molecule has 0 aliphatic rings. The van der Waals surface area contributed by atoms with Crippen LogP contribution in [0.25, 0.3) is 11.3 Å². The van der Waals surface area contributed by atoms with Crippen molar-refractivity contribution in [3.8, 4) is 11.3 Å². The highest BCUT2D eigenvalue weighted by Gasteiger charge is 2.08. The van der Waals surface area contributed by atoms with Gasteiger partial charge in [0.15, 0.2) is 0 Å². The first-order valence-electron chi connectivity index (χ1n) is 7.44. The Labute approximate surface area is 155 Å². The van der Waals surface area contributed by atoms with Crippen molar-refractivity contribution in [2.45, 2.75) is 13.3 Å². The van der Waals surface area contributed by atoms with E-state index in [1.165, 1.54) is 16.9 Å². The predicted octanol–water partition coefficient (Wildman–Crippen LogP) is 6.13. The second-order valence-electron chi connectivity index (χ2n) is 5.13. The number of nitrogens with one attached hydrogen (secondary N) is 1. The van der Waals surface area contributed by atoms with Crippen LogP contribution in [-0.2, 0) is 6.42 Å². The van der Waals surface area contributed by atoms with E-state index >= 15 is 0 Å². The molecule has 0 spiro atoms. The number of hydrogen-bond acceptors (Lipinski definition) is 4. The molecule has 0 aliphatic carbocycles. The van der Waals surface area contributed by atoms with Gasteiger partial charge in [0.2, 0.25) is 5.13 Å².